The topological polar surface area (TPSA) is 70.9 Å². The molecule has 0 saturated carbocycles. The van der Waals surface area contributed by atoms with E-state index in [1.54, 1.807) is 11.7 Å². The molecule has 0 bridgehead atoms. The van der Waals surface area contributed by atoms with E-state index in [0.29, 0.717) is 32.0 Å². The standard InChI is InChI=1S/C27H33N5O3/c1-3-32-24-9-5-4-8-23(24)28-25(27(32)34)31-14-6-7-20(19-31)26(33)30-17-15-29(16-18-30)21-10-12-22(35-2)13-11-21/h4-5,8-13,20H,3,6-7,14-19H2,1-2H3/t20-/m0/s1. The molecule has 2 aromatic carbocycles. The van der Waals surface area contributed by atoms with Crippen molar-refractivity contribution < 1.29 is 9.53 Å². The van der Waals surface area contributed by atoms with E-state index in [1.807, 2.05) is 53.1 Å². The minimum atomic E-state index is -0.112. The largest absolute Gasteiger partial charge is 0.497 e. The van der Waals surface area contributed by atoms with Crippen molar-refractivity contribution in [1.82, 2.24) is 14.5 Å². The molecule has 184 valence electrons. The van der Waals surface area contributed by atoms with Crippen LogP contribution in [0.25, 0.3) is 11.0 Å². The van der Waals surface area contributed by atoms with Crippen LogP contribution in [0.3, 0.4) is 0 Å². The van der Waals surface area contributed by atoms with E-state index < -0.39 is 0 Å². The van der Waals surface area contributed by atoms with Crippen molar-refractivity contribution in [2.45, 2.75) is 26.3 Å². The lowest BCUT2D eigenvalue weighted by molar-refractivity contribution is -0.136. The number of hydrogen-bond acceptors (Lipinski definition) is 6. The van der Waals surface area contributed by atoms with Gasteiger partial charge < -0.3 is 24.0 Å². The lowest BCUT2D eigenvalue weighted by atomic mass is 9.96. The first-order valence-corrected chi connectivity index (χ1v) is 12.5. The first-order chi connectivity index (χ1) is 17.1. The first kappa shape index (κ1) is 23.2. The molecule has 0 N–H and O–H groups in total. The monoisotopic (exact) mass is 475 g/mol. The maximum Gasteiger partial charge on any atom is 0.293 e. The third-order valence-electron chi connectivity index (χ3n) is 7.25. The smallest absolute Gasteiger partial charge is 0.293 e. The highest BCUT2D eigenvalue weighted by Gasteiger charge is 2.32. The molecule has 3 aromatic rings. The Morgan fingerprint density at radius 2 is 1.74 bits per heavy atom. The molecule has 1 aromatic heterocycles. The second-order valence-electron chi connectivity index (χ2n) is 9.27. The van der Waals surface area contributed by atoms with Crippen LogP contribution in [-0.4, -0.2) is 66.7 Å². The normalized spacial score (nSPS) is 18.7. The number of rotatable bonds is 5. The number of benzene rings is 2. The van der Waals surface area contributed by atoms with Crippen LogP contribution in [0.2, 0.25) is 0 Å². The maximum absolute atomic E-state index is 13.4. The van der Waals surface area contributed by atoms with Crippen LogP contribution in [0.1, 0.15) is 19.8 Å². The molecule has 0 radical (unpaired) electrons. The Hall–Kier alpha value is -3.55. The molecule has 2 saturated heterocycles. The average Bonchev–Trinajstić information content (AvgIpc) is 2.92. The molecule has 3 heterocycles. The van der Waals surface area contributed by atoms with Gasteiger partial charge in [-0.2, -0.15) is 0 Å². The molecule has 0 unspecified atom stereocenters. The number of carbonyl (C=O) groups is 1. The fraction of sp³-hybridized carbons (Fsp3) is 0.444. The van der Waals surface area contributed by atoms with E-state index in [0.717, 1.165) is 54.9 Å². The number of piperazine rings is 1. The highest BCUT2D eigenvalue weighted by molar-refractivity contribution is 5.80. The van der Waals surface area contributed by atoms with E-state index in [2.05, 4.69) is 17.0 Å². The Kier molecular flexibility index (Phi) is 6.61. The molecule has 1 atom stereocenters. The zero-order valence-electron chi connectivity index (χ0n) is 20.5. The summed E-state index contributed by atoms with van der Waals surface area (Å²) in [6, 6.07) is 15.8. The van der Waals surface area contributed by atoms with Crippen molar-refractivity contribution in [3.8, 4) is 5.75 Å². The van der Waals surface area contributed by atoms with Gasteiger partial charge in [0, 0.05) is 51.5 Å². The fourth-order valence-electron chi connectivity index (χ4n) is 5.31. The molecule has 8 nitrogen and oxygen atoms in total. The van der Waals surface area contributed by atoms with Crippen LogP contribution in [-0.2, 0) is 11.3 Å². The summed E-state index contributed by atoms with van der Waals surface area (Å²) in [5.41, 5.74) is 2.74. The summed E-state index contributed by atoms with van der Waals surface area (Å²) in [7, 11) is 1.67. The number of carbonyl (C=O) groups excluding carboxylic acids is 1. The number of fused-ring (bicyclic) bond motifs is 1. The average molecular weight is 476 g/mol. The van der Waals surface area contributed by atoms with E-state index in [1.165, 1.54) is 0 Å². The Labute approximate surface area is 205 Å². The molecule has 2 fully saturated rings. The lowest BCUT2D eigenvalue weighted by Crippen LogP contribution is -2.53. The summed E-state index contributed by atoms with van der Waals surface area (Å²) in [4.78, 5) is 37.7. The van der Waals surface area contributed by atoms with Crippen molar-refractivity contribution in [3.63, 3.8) is 0 Å². The third kappa shape index (κ3) is 4.57. The summed E-state index contributed by atoms with van der Waals surface area (Å²) in [5.74, 6) is 1.39. The van der Waals surface area contributed by atoms with E-state index in [-0.39, 0.29) is 17.4 Å². The summed E-state index contributed by atoms with van der Waals surface area (Å²) < 4.78 is 7.03. The number of aromatic nitrogens is 2. The number of anilines is 2. The summed E-state index contributed by atoms with van der Waals surface area (Å²) >= 11 is 0. The lowest BCUT2D eigenvalue weighted by Gasteiger charge is -2.40. The fourth-order valence-corrected chi connectivity index (χ4v) is 5.31. The van der Waals surface area contributed by atoms with Gasteiger partial charge in [0.05, 0.1) is 24.1 Å². The molecule has 2 aliphatic rings. The molecule has 1 amide bonds. The Morgan fingerprint density at radius 3 is 2.46 bits per heavy atom. The van der Waals surface area contributed by atoms with Crippen LogP contribution in [0.4, 0.5) is 11.5 Å². The third-order valence-corrected chi connectivity index (χ3v) is 7.25. The molecule has 0 spiro atoms. The Bertz CT molecular complexity index is 1250. The van der Waals surface area contributed by atoms with Crippen LogP contribution < -0.4 is 20.1 Å². The number of para-hydroxylation sites is 2. The van der Waals surface area contributed by atoms with E-state index in [4.69, 9.17) is 9.72 Å². The number of methoxy groups -OCH3 is 1. The van der Waals surface area contributed by atoms with Gasteiger partial charge in [-0.1, -0.05) is 12.1 Å². The van der Waals surface area contributed by atoms with Gasteiger partial charge in [0.1, 0.15) is 5.75 Å². The van der Waals surface area contributed by atoms with Crippen LogP contribution >= 0.6 is 0 Å². The molecule has 2 aliphatic heterocycles. The van der Waals surface area contributed by atoms with Gasteiger partial charge in [-0.25, -0.2) is 4.98 Å². The second-order valence-corrected chi connectivity index (χ2v) is 9.27. The van der Waals surface area contributed by atoms with Crippen molar-refractivity contribution in [1.29, 1.82) is 0 Å². The SMILES string of the molecule is CCn1c(=O)c(N2CCC[C@H](C(=O)N3CCN(c4ccc(OC)cc4)CC3)C2)nc2ccccc21. The number of nitrogens with zero attached hydrogens (tertiary/aromatic N) is 5. The molecular weight excluding hydrogens is 442 g/mol. The van der Waals surface area contributed by atoms with Crippen LogP contribution in [0.5, 0.6) is 5.75 Å². The molecular formula is C27H33N5O3. The zero-order valence-corrected chi connectivity index (χ0v) is 20.5. The van der Waals surface area contributed by atoms with Gasteiger partial charge in [0.2, 0.25) is 5.91 Å². The number of ether oxygens (including phenoxy) is 1. The molecule has 8 heteroatoms. The number of amides is 1. The van der Waals surface area contributed by atoms with Gasteiger partial charge in [0.25, 0.3) is 5.56 Å². The van der Waals surface area contributed by atoms with Gasteiger partial charge in [-0.15, -0.1) is 0 Å². The highest BCUT2D eigenvalue weighted by atomic mass is 16.5. The quantitative estimate of drug-likeness (QED) is 0.565. The first-order valence-electron chi connectivity index (χ1n) is 12.5. The molecule has 5 rings (SSSR count). The number of aryl methyl sites for hydroxylation is 1. The van der Waals surface area contributed by atoms with Crippen molar-refractivity contribution in [3.05, 3.63) is 58.9 Å². The van der Waals surface area contributed by atoms with Gasteiger partial charge in [0.15, 0.2) is 5.82 Å². The molecule has 0 aliphatic carbocycles. The maximum atomic E-state index is 13.4. The molecule has 35 heavy (non-hydrogen) atoms. The minimum Gasteiger partial charge on any atom is -0.497 e. The predicted octanol–water partition coefficient (Wildman–Crippen LogP) is 2.99. The minimum absolute atomic E-state index is 0.0765. The van der Waals surface area contributed by atoms with Crippen molar-refractivity contribution >= 4 is 28.4 Å². The Morgan fingerprint density at radius 1 is 1.00 bits per heavy atom. The van der Waals surface area contributed by atoms with Crippen LogP contribution in [0, 0.1) is 5.92 Å². The summed E-state index contributed by atoms with van der Waals surface area (Å²) in [6.45, 7) is 6.89. The second kappa shape index (κ2) is 9.98. The summed E-state index contributed by atoms with van der Waals surface area (Å²) in [5, 5.41) is 0. The van der Waals surface area contributed by atoms with Gasteiger partial charge in [-0.3, -0.25) is 9.59 Å². The Balaban J connectivity index is 1.27. The van der Waals surface area contributed by atoms with E-state index in [9.17, 15) is 9.59 Å². The highest BCUT2D eigenvalue weighted by Crippen LogP contribution is 2.25. The van der Waals surface area contributed by atoms with Crippen molar-refractivity contribution in [2.75, 3.05) is 56.2 Å². The zero-order chi connectivity index (χ0) is 24.4. The number of hydrogen-bond donors (Lipinski definition) is 0. The van der Waals surface area contributed by atoms with Gasteiger partial charge in [-0.05, 0) is 56.2 Å². The summed E-state index contributed by atoms with van der Waals surface area (Å²) in [6.07, 6.45) is 1.73. The van der Waals surface area contributed by atoms with Crippen LogP contribution in [0.15, 0.2) is 53.3 Å². The van der Waals surface area contributed by atoms with Gasteiger partial charge >= 0.3 is 0 Å². The van der Waals surface area contributed by atoms with E-state index >= 15 is 0 Å². The predicted molar refractivity (Wildman–Crippen MR) is 138 cm³/mol. The number of piperidine rings is 1. The van der Waals surface area contributed by atoms with Crippen molar-refractivity contribution in [2.24, 2.45) is 5.92 Å².